The van der Waals surface area contributed by atoms with Gasteiger partial charge in [-0.25, -0.2) is 0 Å². The van der Waals surface area contributed by atoms with Gasteiger partial charge in [-0.3, -0.25) is 14.7 Å². The van der Waals surface area contributed by atoms with E-state index in [0.29, 0.717) is 12.8 Å². The molecule has 126 valence electrons. The van der Waals surface area contributed by atoms with Crippen molar-refractivity contribution in [3.63, 3.8) is 0 Å². The molecule has 1 aromatic carbocycles. The van der Waals surface area contributed by atoms with Gasteiger partial charge in [-0.2, -0.15) is 0 Å². The molecule has 1 N–H and O–H groups in total. The molecule has 1 aliphatic heterocycles. The minimum atomic E-state index is -0.684. The Kier molecular flexibility index (Phi) is 5.11. The molecule has 0 bridgehead atoms. The Morgan fingerprint density at radius 2 is 1.92 bits per heavy atom. The van der Waals surface area contributed by atoms with E-state index in [1.165, 1.54) is 0 Å². The van der Waals surface area contributed by atoms with Gasteiger partial charge in [-0.15, -0.1) is 0 Å². The van der Waals surface area contributed by atoms with Crippen molar-refractivity contribution in [2.24, 2.45) is 5.92 Å². The summed E-state index contributed by atoms with van der Waals surface area (Å²) in [5.74, 6) is -0.0897. The predicted octanol–water partition coefficient (Wildman–Crippen LogP) is 2.98. The number of pyridine rings is 1. The SMILES string of the molecule is COc1cccc(C(c2ccncc2)N2CCC(C(=O)O)CC2)c1. The van der Waals surface area contributed by atoms with Crippen molar-refractivity contribution in [2.45, 2.75) is 18.9 Å². The molecule has 24 heavy (non-hydrogen) atoms. The highest BCUT2D eigenvalue weighted by Gasteiger charge is 2.30. The molecular weight excluding hydrogens is 304 g/mol. The smallest absolute Gasteiger partial charge is 0.306 e. The van der Waals surface area contributed by atoms with Crippen molar-refractivity contribution >= 4 is 5.97 Å². The molecule has 1 aliphatic rings. The van der Waals surface area contributed by atoms with E-state index < -0.39 is 5.97 Å². The largest absolute Gasteiger partial charge is 0.497 e. The van der Waals surface area contributed by atoms with Gasteiger partial charge < -0.3 is 9.84 Å². The minimum Gasteiger partial charge on any atom is -0.497 e. The summed E-state index contributed by atoms with van der Waals surface area (Å²) in [7, 11) is 1.67. The Bertz CT molecular complexity index is 682. The molecule has 1 atom stereocenters. The highest BCUT2D eigenvalue weighted by Crippen LogP contribution is 2.33. The van der Waals surface area contributed by atoms with E-state index in [0.717, 1.165) is 30.0 Å². The van der Waals surface area contributed by atoms with E-state index in [1.807, 2.05) is 30.3 Å². The number of methoxy groups -OCH3 is 1. The first-order valence-electron chi connectivity index (χ1n) is 8.20. The van der Waals surface area contributed by atoms with E-state index in [-0.39, 0.29) is 12.0 Å². The Labute approximate surface area is 141 Å². The normalized spacial score (nSPS) is 17.4. The zero-order valence-electron chi connectivity index (χ0n) is 13.8. The molecule has 0 amide bonds. The number of nitrogens with zero attached hydrogens (tertiary/aromatic N) is 2. The average Bonchev–Trinajstić information content (AvgIpc) is 2.63. The van der Waals surface area contributed by atoms with Crippen LogP contribution in [-0.2, 0) is 4.79 Å². The molecule has 1 fully saturated rings. The van der Waals surface area contributed by atoms with Gasteiger partial charge in [0.2, 0.25) is 0 Å². The lowest BCUT2D eigenvalue weighted by Crippen LogP contribution is -2.39. The van der Waals surface area contributed by atoms with Crippen LogP contribution in [-0.4, -0.2) is 41.2 Å². The van der Waals surface area contributed by atoms with Crippen molar-refractivity contribution in [1.82, 2.24) is 9.88 Å². The molecule has 0 spiro atoms. The van der Waals surface area contributed by atoms with Gasteiger partial charge in [0.25, 0.3) is 0 Å². The highest BCUT2D eigenvalue weighted by atomic mass is 16.5. The van der Waals surface area contributed by atoms with Crippen molar-refractivity contribution < 1.29 is 14.6 Å². The van der Waals surface area contributed by atoms with Crippen LogP contribution in [0.1, 0.15) is 30.0 Å². The number of carboxylic acids is 1. The van der Waals surface area contributed by atoms with Crippen LogP contribution < -0.4 is 4.74 Å². The number of carbonyl (C=O) groups is 1. The number of ether oxygens (including phenoxy) is 1. The van der Waals surface area contributed by atoms with E-state index in [1.54, 1.807) is 19.5 Å². The minimum absolute atomic E-state index is 0.0813. The summed E-state index contributed by atoms with van der Waals surface area (Å²) >= 11 is 0. The van der Waals surface area contributed by atoms with E-state index in [9.17, 15) is 9.90 Å². The summed E-state index contributed by atoms with van der Waals surface area (Å²) in [5.41, 5.74) is 2.31. The lowest BCUT2D eigenvalue weighted by Gasteiger charge is -2.37. The third-order valence-corrected chi connectivity index (χ3v) is 4.68. The summed E-state index contributed by atoms with van der Waals surface area (Å²) in [4.78, 5) is 17.7. The Morgan fingerprint density at radius 3 is 2.54 bits per heavy atom. The number of carboxylic acid groups (broad SMARTS) is 1. The first-order chi connectivity index (χ1) is 11.7. The maximum Gasteiger partial charge on any atom is 0.306 e. The summed E-state index contributed by atoms with van der Waals surface area (Å²) in [6, 6.07) is 12.2. The Hall–Kier alpha value is -2.40. The Morgan fingerprint density at radius 1 is 1.21 bits per heavy atom. The van der Waals surface area contributed by atoms with Crippen LogP contribution in [0.5, 0.6) is 5.75 Å². The van der Waals surface area contributed by atoms with Gasteiger partial charge >= 0.3 is 5.97 Å². The average molecular weight is 326 g/mol. The topological polar surface area (TPSA) is 62.7 Å². The van der Waals surface area contributed by atoms with E-state index in [4.69, 9.17) is 4.74 Å². The lowest BCUT2D eigenvalue weighted by atomic mass is 9.91. The molecule has 0 saturated carbocycles. The monoisotopic (exact) mass is 326 g/mol. The van der Waals surface area contributed by atoms with Gasteiger partial charge in [-0.1, -0.05) is 12.1 Å². The first kappa shape index (κ1) is 16.5. The van der Waals surface area contributed by atoms with Crippen LogP contribution in [0.25, 0.3) is 0 Å². The lowest BCUT2D eigenvalue weighted by molar-refractivity contribution is -0.143. The summed E-state index contributed by atoms with van der Waals surface area (Å²) in [5, 5.41) is 9.22. The molecule has 1 saturated heterocycles. The quantitative estimate of drug-likeness (QED) is 0.915. The Balaban J connectivity index is 1.90. The fourth-order valence-electron chi connectivity index (χ4n) is 3.38. The maximum absolute atomic E-state index is 11.2. The number of aliphatic carboxylic acids is 1. The zero-order valence-corrected chi connectivity index (χ0v) is 13.8. The van der Waals surface area contributed by atoms with E-state index in [2.05, 4.69) is 16.0 Å². The second-order valence-corrected chi connectivity index (χ2v) is 6.11. The van der Waals surface area contributed by atoms with Gasteiger partial charge in [0.05, 0.1) is 19.1 Å². The molecule has 3 rings (SSSR count). The van der Waals surface area contributed by atoms with Crippen LogP contribution in [0, 0.1) is 5.92 Å². The van der Waals surface area contributed by atoms with Crippen molar-refractivity contribution in [1.29, 1.82) is 0 Å². The second-order valence-electron chi connectivity index (χ2n) is 6.11. The van der Waals surface area contributed by atoms with Crippen LogP contribution in [0.4, 0.5) is 0 Å². The number of rotatable bonds is 5. The summed E-state index contributed by atoms with van der Waals surface area (Å²) in [6.45, 7) is 1.53. The van der Waals surface area contributed by atoms with Gasteiger partial charge in [0.1, 0.15) is 5.75 Å². The molecule has 2 aromatic rings. The van der Waals surface area contributed by atoms with Crippen LogP contribution in [0.2, 0.25) is 0 Å². The van der Waals surface area contributed by atoms with Gasteiger partial charge in [0.15, 0.2) is 0 Å². The fourth-order valence-corrected chi connectivity index (χ4v) is 3.38. The maximum atomic E-state index is 11.2. The highest BCUT2D eigenvalue weighted by molar-refractivity contribution is 5.70. The standard InChI is InChI=1S/C19H22N2O3/c1-24-17-4-2-3-16(13-17)18(14-5-9-20-10-6-14)21-11-7-15(8-12-21)19(22)23/h2-6,9-10,13,15,18H,7-8,11-12H2,1H3,(H,22,23). The molecule has 1 unspecified atom stereocenters. The molecule has 0 aliphatic carbocycles. The van der Waals surface area contributed by atoms with Crippen LogP contribution in [0.15, 0.2) is 48.8 Å². The third-order valence-electron chi connectivity index (χ3n) is 4.68. The fraction of sp³-hybridized carbons (Fsp3) is 0.368. The number of hydrogen-bond donors (Lipinski definition) is 1. The zero-order chi connectivity index (χ0) is 16.9. The molecule has 5 heteroatoms. The number of aromatic nitrogens is 1. The van der Waals surface area contributed by atoms with Crippen molar-refractivity contribution in [2.75, 3.05) is 20.2 Å². The summed E-state index contributed by atoms with van der Waals surface area (Å²) < 4.78 is 5.37. The van der Waals surface area contributed by atoms with Crippen molar-refractivity contribution in [3.8, 4) is 5.75 Å². The molecule has 0 radical (unpaired) electrons. The van der Waals surface area contributed by atoms with Crippen LogP contribution >= 0.6 is 0 Å². The number of hydrogen-bond acceptors (Lipinski definition) is 4. The second kappa shape index (κ2) is 7.45. The predicted molar refractivity (Wildman–Crippen MR) is 91.0 cm³/mol. The molecule has 1 aromatic heterocycles. The number of benzene rings is 1. The molecule has 5 nitrogen and oxygen atoms in total. The molecular formula is C19H22N2O3. The van der Waals surface area contributed by atoms with Crippen LogP contribution in [0.3, 0.4) is 0 Å². The summed E-state index contributed by atoms with van der Waals surface area (Å²) in [6.07, 6.45) is 4.96. The van der Waals surface area contributed by atoms with E-state index >= 15 is 0 Å². The molecule has 2 heterocycles. The number of likely N-dealkylation sites (tertiary alicyclic amines) is 1. The van der Waals surface area contributed by atoms with Gasteiger partial charge in [-0.05, 0) is 61.3 Å². The first-order valence-corrected chi connectivity index (χ1v) is 8.20. The number of piperidine rings is 1. The van der Waals surface area contributed by atoms with Gasteiger partial charge in [0, 0.05) is 12.4 Å². The van der Waals surface area contributed by atoms with Crippen molar-refractivity contribution in [3.05, 3.63) is 59.9 Å². The third kappa shape index (κ3) is 3.57.